The fourth-order valence-corrected chi connectivity index (χ4v) is 4.78. The molecule has 0 spiro atoms. The summed E-state index contributed by atoms with van der Waals surface area (Å²) in [6.45, 7) is 3.53. The van der Waals surface area contributed by atoms with E-state index in [9.17, 15) is 13.5 Å². The lowest BCUT2D eigenvalue weighted by Gasteiger charge is -2.32. The van der Waals surface area contributed by atoms with Gasteiger partial charge in [-0.1, -0.05) is 31.5 Å². The van der Waals surface area contributed by atoms with Crippen LogP contribution in [0.2, 0.25) is 5.02 Å². The molecular weight excluding hydrogens is 402 g/mol. The molecule has 0 aliphatic carbocycles. The average Bonchev–Trinajstić information content (AvgIpc) is 2.67. The molecule has 6 nitrogen and oxygen atoms in total. The molecular formula is C20H26ClNO5S. The van der Waals surface area contributed by atoms with Crippen LogP contribution in [0, 0.1) is 5.92 Å². The fourth-order valence-electron chi connectivity index (χ4n) is 2.92. The second-order valence-electron chi connectivity index (χ2n) is 6.69. The summed E-state index contributed by atoms with van der Waals surface area (Å²) >= 11 is 5.90. The van der Waals surface area contributed by atoms with Gasteiger partial charge in [-0.05, 0) is 47.9 Å². The normalized spacial score (nSPS) is 13.0. The zero-order valence-corrected chi connectivity index (χ0v) is 18.0. The molecule has 0 heterocycles. The summed E-state index contributed by atoms with van der Waals surface area (Å²) in [4.78, 5) is 0.122. The Bertz CT molecular complexity index is 884. The van der Waals surface area contributed by atoms with Gasteiger partial charge in [-0.3, -0.25) is 0 Å². The molecule has 2 aromatic rings. The number of aliphatic hydroxyl groups excluding tert-OH is 1. The quantitative estimate of drug-likeness (QED) is 0.662. The maximum atomic E-state index is 13.3. The van der Waals surface area contributed by atoms with E-state index < -0.39 is 16.1 Å². The second kappa shape index (κ2) is 9.60. The van der Waals surface area contributed by atoms with Crippen LogP contribution >= 0.6 is 11.6 Å². The molecule has 0 bridgehead atoms. The second-order valence-corrected chi connectivity index (χ2v) is 9.01. The van der Waals surface area contributed by atoms with Gasteiger partial charge in [0.15, 0.2) is 11.5 Å². The van der Waals surface area contributed by atoms with Gasteiger partial charge in [0, 0.05) is 11.6 Å². The lowest BCUT2D eigenvalue weighted by molar-refractivity contribution is 0.148. The Labute approximate surface area is 171 Å². The number of aliphatic hydroxyl groups is 1. The van der Waals surface area contributed by atoms with Gasteiger partial charge in [0.2, 0.25) is 10.0 Å². The van der Waals surface area contributed by atoms with Crippen molar-refractivity contribution in [2.75, 3.05) is 20.8 Å². The third kappa shape index (κ3) is 4.97. The standard InChI is InChI=1S/C20H26ClNO5S/c1-14(2)18(13-23)22(28(24,25)17-8-6-16(21)7-9-17)12-15-5-10-19(26-3)20(11-15)27-4/h5-11,14,18,23H,12-13H2,1-4H3. The summed E-state index contributed by atoms with van der Waals surface area (Å²) in [5, 5.41) is 10.4. The molecule has 0 saturated heterocycles. The molecule has 0 radical (unpaired) electrons. The molecule has 0 aliphatic rings. The number of rotatable bonds is 9. The van der Waals surface area contributed by atoms with E-state index in [4.69, 9.17) is 21.1 Å². The SMILES string of the molecule is COc1ccc(CN(C(CO)C(C)C)S(=O)(=O)c2ccc(Cl)cc2)cc1OC. The summed E-state index contributed by atoms with van der Waals surface area (Å²) in [7, 11) is -0.806. The molecule has 0 amide bonds. The van der Waals surface area contributed by atoms with E-state index in [0.717, 1.165) is 0 Å². The Morgan fingerprint density at radius 1 is 1.04 bits per heavy atom. The highest BCUT2D eigenvalue weighted by Crippen LogP contribution is 2.30. The molecule has 1 N–H and O–H groups in total. The van der Waals surface area contributed by atoms with Crippen LogP contribution in [0.5, 0.6) is 11.5 Å². The highest BCUT2D eigenvalue weighted by atomic mass is 35.5. The summed E-state index contributed by atoms with van der Waals surface area (Å²) in [6, 6.07) is 10.7. The Balaban J connectivity index is 2.49. The van der Waals surface area contributed by atoms with E-state index in [1.165, 1.54) is 42.8 Å². The van der Waals surface area contributed by atoms with Gasteiger partial charge in [0.1, 0.15) is 0 Å². The lowest BCUT2D eigenvalue weighted by Crippen LogP contribution is -2.44. The number of halogens is 1. The number of sulfonamides is 1. The fraction of sp³-hybridized carbons (Fsp3) is 0.400. The Morgan fingerprint density at radius 2 is 1.64 bits per heavy atom. The topological polar surface area (TPSA) is 76.1 Å². The van der Waals surface area contributed by atoms with Crippen LogP contribution in [0.4, 0.5) is 0 Å². The van der Waals surface area contributed by atoms with Crippen molar-refractivity contribution < 1.29 is 23.0 Å². The minimum Gasteiger partial charge on any atom is -0.493 e. The van der Waals surface area contributed by atoms with E-state index in [0.29, 0.717) is 22.1 Å². The van der Waals surface area contributed by atoms with Crippen LogP contribution in [-0.4, -0.2) is 44.7 Å². The van der Waals surface area contributed by atoms with Crippen LogP contribution in [0.3, 0.4) is 0 Å². The lowest BCUT2D eigenvalue weighted by atomic mass is 10.0. The zero-order valence-electron chi connectivity index (χ0n) is 16.4. The van der Waals surface area contributed by atoms with E-state index in [1.54, 1.807) is 18.2 Å². The van der Waals surface area contributed by atoms with Gasteiger partial charge in [0.05, 0.1) is 31.8 Å². The largest absolute Gasteiger partial charge is 0.493 e. The maximum absolute atomic E-state index is 13.3. The van der Waals surface area contributed by atoms with Crippen LogP contribution in [-0.2, 0) is 16.6 Å². The van der Waals surface area contributed by atoms with Crippen molar-refractivity contribution in [3.63, 3.8) is 0 Å². The number of methoxy groups -OCH3 is 2. The monoisotopic (exact) mass is 427 g/mol. The van der Waals surface area contributed by atoms with Gasteiger partial charge < -0.3 is 14.6 Å². The first kappa shape index (κ1) is 22.5. The van der Waals surface area contributed by atoms with Crippen molar-refractivity contribution in [1.29, 1.82) is 0 Å². The summed E-state index contributed by atoms with van der Waals surface area (Å²) in [5.41, 5.74) is 0.717. The molecule has 0 aromatic heterocycles. The smallest absolute Gasteiger partial charge is 0.243 e. The van der Waals surface area contributed by atoms with Gasteiger partial charge >= 0.3 is 0 Å². The minimum absolute atomic E-state index is 0.0781. The molecule has 1 atom stereocenters. The number of ether oxygens (including phenoxy) is 2. The number of hydrogen-bond acceptors (Lipinski definition) is 5. The highest BCUT2D eigenvalue weighted by molar-refractivity contribution is 7.89. The number of hydrogen-bond donors (Lipinski definition) is 1. The number of nitrogens with zero attached hydrogens (tertiary/aromatic N) is 1. The third-order valence-corrected chi connectivity index (χ3v) is 6.67. The maximum Gasteiger partial charge on any atom is 0.243 e. The summed E-state index contributed by atoms with van der Waals surface area (Å²) in [6.07, 6.45) is 0. The van der Waals surface area contributed by atoms with Gasteiger partial charge in [-0.15, -0.1) is 0 Å². The predicted octanol–water partition coefficient (Wildman–Crippen LogP) is 3.57. The average molecular weight is 428 g/mol. The molecule has 1 unspecified atom stereocenters. The van der Waals surface area contributed by atoms with Gasteiger partial charge in [-0.2, -0.15) is 4.31 Å². The zero-order chi connectivity index (χ0) is 20.9. The molecule has 0 saturated carbocycles. The number of benzene rings is 2. The minimum atomic E-state index is -3.86. The third-order valence-electron chi connectivity index (χ3n) is 4.53. The van der Waals surface area contributed by atoms with E-state index in [1.807, 2.05) is 13.8 Å². The van der Waals surface area contributed by atoms with Gasteiger partial charge in [-0.25, -0.2) is 8.42 Å². The van der Waals surface area contributed by atoms with Crippen molar-refractivity contribution >= 4 is 21.6 Å². The molecule has 8 heteroatoms. The molecule has 2 aromatic carbocycles. The molecule has 154 valence electrons. The van der Waals surface area contributed by atoms with E-state index >= 15 is 0 Å². The Kier molecular flexibility index (Phi) is 7.71. The summed E-state index contributed by atoms with van der Waals surface area (Å²) < 4.78 is 38.6. The van der Waals surface area contributed by atoms with Crippen LogP contribution in [0.1, 0.15) is 19.4 Å². The Morgan fingerprint density at radius 3 is 2.14 bits per heavy atom. The first-order chi connectivity index (χ1) is 13.2. The van der Waals surface area contributed by atoms with Crippen molar-refractivity contribution in [2.24, 2.45) is 5.92 Å². The van der Waals surface area contributed by atoms with Gasteiger partial charge in [0.25, 0.3) is 0 Å². The van der Waals surface area contributed by atoms with Crippen molar-refractivity contribution in [3.05, 3.63) is 53.1 Å². The molecule has 28 heavy (non-hydrogen) atoms. The first-order valence-electron chi connectivity index (χ1n) is 8.83. The predicted molar refractivity (Wildman–Crippen MR) is 109 cm³/mol. The van der Waals surface area contributed by atoms with Crippen LogP contribution in [0.25, 0.3) is 0 Å². The van der Waals surface area contributed by atoms with Crippen LogP contribution in [0.15, 0.2) is 47.4 Å². The van der Waals surface area contributed by atoms with Crippen molar-refractivity contribution in [3.8, 4) is 11.5 Å². The highest BCUT2D eigenvalue weighted by Gasteiger charge is 2.33. The first-order valence-corrected chi connectivity index (χ1v) is 10.7. The van der Waals surface area contributed by atoms with Crippen molar-refractivity contribution in [1.82, 2.24) is 4.31 Å². The molecule has 0 fully saturated rings. The summed E-state index contributed by atoms with van der Waals surface area (Å²) in [5.74, 6) is 0.974. The van der Waals surface area contributed by atoms with Crippen molar-refractivity contribution in [2.45, 2.75) is 31.3 Å². The van der Waals surface area contributed by atoms with Crippen LogP contribution < -0.4 is 9.47 Å². The molecule has 2 rings (SSSR count). The molecule has 0 aliphatic heterocycles. The van der Waals surface area contributed by atoms with E-state index in [-0.39, 0.29) is 24.0 Å². The van der Waals surface area contributed by atoms with E-state index in [2.05, 4.69) is 0 Å². The Hall–Kier alpha value is -1.80.